The first-order valence-corrected chi connectivity index (χ1v) is 15.6. The van der Waals surface area contributed by atoms with Crippen LogP contribution in [0.3, 0.4) is 0 Å². The topological polar surface area (TPSA) is 192 Å². The second kappa shape index (κ2) is 17.6. The van der Waals surface area contributed by atoms with Crippen LogP contribution in [0.5, 0.6) is 0 Å². The van der Waals surface area contributed by atoms with Crippen LogP contribution in [0.1, 0.15) is 63.7 Å². The van der Waals surface area contributed by atoms with Gasteiger partial charge in [-0.2, -0.15) is 0 Å². The minimum Gasteiger partial charge on any atom is -0.469 e. The fourth-order valence-corrected chi connectivity index (χ4v) is 5.76. The molecule has 0 aromatic heterocycles. The molecule has 1 amide bonds. The number of carbonyl (C=O) groups is 2. The minimum absolute atomic E-state index is 0.108. The first-order chi connectivity index (χ1) is 21.7. The molecule has 3 heterocycles. The maximum absolute atomic E-state index is 12.4. The number of aliphatic hydroxyl groups is 4. The van der Waals surface area contributed by atoms with Gasteiger partial charge in [-0.3, -0.25) is 9.59 Å². The monoisotopic (exact) mass is 641 g/mol. The van der Waals surface area contributed by atoms with E-state index in [0.717, 1.165) is 44.1 Å². The molecule has 0 bridgehead atoms. The minimum atomic E-state index is -1.67. The predicted octanol–water partition coefficient (Wildman–Crippen LogP) is 0.436. The normalized spacial score (nSPS) is 34.9. The zero-order valence-corrected chi connectivity index (χ0v) is 25.8. The summed E-state index contributed by atoms with van der Waals surface area (Å²) in [7, 11) is 1.38. The van der Waals surface area contributed by atoms with Gasteiger partial charge in [0.15, 0.2) is 18.9 Å². The average molecular weight is 642 g/mol. The fraction of sp³-hybridized carbons (Fsp3) is 0.742. The molecule has 0 saturated carbocycles. The summed E-state index contributed by atoms with van der Waals surface area (Å²) < 4.78 is 41.3. The summed E-state index contributed by atoms with van der Waals surface area (Å²) in [6.45, 7) is 1.14. The van der Waals surface area contributed by atoms with Gasteiger partial charge in [0.2, 0.25) is 5.91 Å². The van der Waals surface area contributed by atoms with Gasteiger partial charge in [0.05, 0.1) is 20.3 Å². The molecule has 3 aliphatic heterocycles. The summed E-state index contributed by atoms with van der Waals surface area (Å²) in [5, 5.41) is 43.9. The Morgan fingerprint density at radius 3 is 2.31 bits per heavy atom. The molecule has 45 heavy (non-hydrogen) atoms. The summed E-state index contributed by atoms with van der Waals surface area (Å²) in [6, 6.07) is 8.32. The van der Waals surface area contributed by atoms with E-state index in [-0.39, 0.29) is 12.6 Å². The van der Waals surface area contributed by atoms with Crippen molar-refractivity contribution in [2.45, 2.75) is 120 Å². The van der Waals surface area contributed by atoms with Crippen molar-refractivity contribution in [2.75, 3.05) is 26.9 Å². The van der Waals surface area contributed by atoms with Gasteiger partial charge in [-0.1, -0.05) is 56.0 Å². The molecule has 0 spiro atoms. The molecule has 3 fully saturated rings. The van der Waals surface area contributed by atoms with Gasteiger partial charge in [0.25, 0.3) is 0 Å². The van der Waals surface area contributed by atoms with Crippen LogP contribution in [0.4, 0.5) is 0 Å². The highest BCUT2D eigenvalue weighted by Gasteiger charge is 2.54. The highest BCUT2D eigenvalue weighted by molar-refractivity contribution is 5.73. The Balaban J connectivity index is 1.45. The third-order valence-corrected chi connectivity index (χ3v) is 8.21. The number of hydrogen-bond acceptors (Lipinski definition) is 13. The van der Waals surface area contributed by atoms with E-state index in [9.17, 15) is 30.0 Å². The first-order valence-electron chi connectivity index (χ1n) is 15.6. The Morgan fingerprint density at radius 2 is 1.62 bits per heavy atom. The number of amides is 1. The summed E-state index contributed by atoms with van der Waals surface area (Å²) in [4.78, 5) is 23.7. The number of fused-ring (bicyclic) bond motifs is 1. The lowest BCUT2D eigenvalue weighted by atomic mass is 9.94. The Kier molecular flexibility index (Phi) is 13.9. The van der Waals surface area contributed by atoms with Crippen LogP contribution in [-0.2, 0) is 42.7 Å². The third-order valence-electron chi connectivity index (χ3n) is 8.21. The van der Waals surface area contributed by atoms with Crippen LogP contribution in [0, 0.1) is 0 Å². The van der Waals surface area contributed by atoms with E-state index >= 15 is 0 Å². The zero-order chi connectivity index (χ0) is 32.3. The van der Waals surface area contributed by atoms with Crippen molar-refractivity contribution >= 4 is 11.9 Å². The number of aliphatic hydroxyl groups excluding tert-OH is 4. The SMILES string of the molecule is COC(=O)CCCCCCCCO[C@@H]1O[C@@H]2COC(c3ccccc3)O[C@H]2[C@H](O[C@@H]2O[C@H](CO)[C@H](O)[C@H](O)[C@H]2O)[C@H]1NC(C)=O. The average Bonchev–Trinajstić information content (AvgIpc) is 3.05. The largest absolute Gasteiger partial charge is 0.469 e. The molecule has 0 radical (unpaired) electrons. The molecule has 14 nitrogen and oxygen atoms in total. The number of benzene rings is 1. The molecule has 3 saturated heterocycles. The van der Waals surface area contributed by atoms with Gasteiger partial charge in [0, 0.05) is 25.5 Å². The van der Waals surface area contributed by atoms with Crippen molar-refractivity contribution < 1.29 is 63.2 Å². The molecule has 1 aromatic carbocycles. The van der Waals surface area contributed by atoms with Crippen molar-refractivity contribution in [3.63, 3.8) is 0 Å². The predicted molar refractivity (Wildman–Crippen MR) is 155 cm³/mol. The number of methoxy groups -OCH3 is 1. The van der Waals surface area contributed by atoms with Crippen molar-refractivity contribution in [1.82, 2.24) is 5.32 Å². The fourth-order valence-electron chi connectivity index (χ4n) is 5.76. The lowest BCUT2D eigenvalue weighted by Crippen LogP contribution is -2.69. The number of unbranched alkanes of at least 4 members (excludes halogenated alkanes) is 5. The Morgan fingerprint density at radius 1 is 0.911 bits per heavy atom. The smallest absolute Gasteiger partial charge is 0.305 e. The van der Waals surface area contributed by atoms with Gasteiger partial charge < -0.3 is 58.9 Å². The van der Waals surface area contributed by atoms with E-state index in [1.165, 1.54) is 14.0 Å². The highest BCUT2D eigenvalue weighted by Crippen LogP contribution is 2.37. The third kappa shape index (κ3) is 9.64. The maximum Gasteiger partial charge on any atom is 0.305 e. The lowest BCUT2D eigenvalue weighted by Gasteiger charge is -2.51. The number of carbonyl (C=O) groups excluding carboxylic acids is 2. The van der Waals surface area contributed by atoms with Gasteiger partial charge in [-0.25, -0.2) is 0 Å². The van der Waals surface area contributed by atoms with Gasteiger partial charge in [-0.15, -0.1) is 0 Å². The number of rotatable bonds is 15. The molecule has 1 unspecified atom stereocenters. The standard InChI is InChI=1S/C31H47NO13/c1-18(34)32-23-28(45-31-26(38)25(37)24(36)20(16-33)42-31)27-21(17-41-29(44-27)19-12-8-7-9-13-19)43-30(23)40-15-11-6-4-3-5-10-14-22(35)39-2/h7-9,12-13,20-21,23-31,33,36-38H,3-6,10-11,14-17H2,1-2H3,(H,32,34)/t20-,21-,23-,24+,25+,26-,27-,28-,29?,30-,31+/m1/s1. The van der Waals surface area contributed by atoms with Crippen molar-refractivity contribution in [3.05, 3.63) is 35.9 Å². The highest BCUT2D eigenvalue weighted by atomic mass is 16.8. The Hall–Kier alpha value is -2.24. The van der Waals surface area contributed by atoms with Crippen molar-refractivity contribution in [2.24, 2.45) is 0 Å². The van der Waals surface area contributed by atoms with Crippen LogP contribution < -0.4 is 5.32 Å². The molecule has 14 heteroatoms. The molecule has 4 rings (SSSR count). The molecule has 3 aliphatic rings. The van der Waals surface area contributed by atoms with E-state index < -0.39 is 80.2 Å². The van der Waals surface area contributed by atoms with Crippen molar-refractivity contribution in [3.8, 4) is 0 Å². The first kappa shape index (κ1) is 35.6. The quantitative estimate of drug-likeness (QED) is 0.131. The van der Waals surface area contributed by atoms with E-state index in [1.54, 1.807) is 0 Å². The van der Waals surface area contributed by atoms with Crippen LogP contribution >= 0.6 is 0 Å². The van der Waals surface area contributed by atoms with E-state index in [1.807, 2.05) is 30.3 Å². The van der Waals surface area contributed by atoms with Gasteiger partial charge in [-0.05, 0) is 12.8 Å². The number of esters is 1. The van der Waals surface area contributed by atoms with Crippen LogP contribution in [0.2, 0.25) is 0 Å². The van der Waals surface area contributed by atoms with Crippen LogP contribution in [0.15, 0.2) is 30.3 Å². The summed E-state index contributed by atoms with van der Waals surface area (Å²) >= 11 is 0. The number of ether oxygens (including phenoxy) is 7. The van der Waals surface area contributed by atoms with E-state index in [2.05, 4.69) is 10.1 Å². The lowest BCUT2D eigenvalue weighted by molar-refractivity contribution is -0.378. The van der Waals surface area contributed by atoms with Crippen LogP contribution in [0.25, 0.3) is 0 Å². The molecule has 0 aliphatic carbocycles. The second-order valence-electron chi connectivity index (χ2n) is 11.6. The molecule has 5 N–H and O–H groups in total. The van der Waals surface area contributed by atoms with Gasteiger partial charge in [0.1, 0.15) is 48.8 Å². The number of nitrogens with one attached hydrogen (secondary N) is 1. The summed E-state index contributed by atoms with van der Waals surface area (Å²) in [5.41, 5.74) is 0.752. The maximum atomic E-state index is 12.4. The summed E-state index contributed by atoms with van der Waals surface area (Å²) in [6.07, 6.45) is -6.21. The zero-order valence-electron chi connectivity index (χ0n) is 25.8. The molecule has 254 valence electrons. The Bertz CT molecular complexity index is 1050. The molecule has 11 atom stereocenters. The molecular weight excluding hydrogens is 594 g/mol. The molecular formula is C31H47NO13. The summed E-state index contributed by atoms with van der Waals surface area (Å²) in [5.74, 6) is -0.596. The second-order valence-corrected chi connectivity index (χ2v) is 11.6. The Labute approximate surface area is 262 Å². The van der Waals surface area contributed by atoms with Gasteiger partial charge >= 0.3 is 5.97 Å². The van der Waals surface area contributed by atoms with E-state index in [0.29, 0.717) is 13.0 Å². The van der Waals surface area contributed by atoms with Crippen molar-refractivity contribution in [1.29, 1.82) is 0 Å². The van der Waals surface area contributed by atoms with E-state index in [4.69, 9.17) is 28.4 Å². The van der Waals surface area contributed by atoms with Crippen LogP contribution in [-0.4, -0.2) is 121 Å². The molecule has 1 aromatic rings. The number of hydrogen-bond donors (Lipinski definition) is 5.